The van der Waals surface area contributed by atoms with Crippen LogP contribution < -0.4 is 16.0 Å². The van der Waals surface area contributed by atoms with Crippen molar-refractivity contribution in [2.75, 3.05) is 24.2 Å². The van der Waals surface area contributed by atoms with Gasteiger partial charge in [0.1, 0.15) is 0 Å². The van der Waals surface area contributed by atoms with E-state index in [4.69, 9.17) is 0 Å². The summed E-state index contributed by atoms with van der Waals surface area (Å²) in [7, 11) is 1.71. The fourth-order valence-corrected chi connectivity index (χ4v) is 1.44. The van der Waals surface area contributed by atoms with Gasteiger partial charge in [-0.2, -0.15) is 0 Å². The van der Waals surface area contributed by atoms with Crippen LogP contribution in [-0.4, -0.2) is 25.4 Å². The second kappa shape index (κ2) is 6.76. The Bertz CT molecular complexity index is 444. The summed E-state index contributed by atoms with van der Waals surface area (Å²) in [6, 6.07) is 5.43. The Hall–Kier alpha value is -1.88. The van der Waals surface area contributed by atoms with Crippen LogP contribution in [0.15, 0.2) is 18.2 Å². The Morgan fingerprint density at radius 3 is 2.50 bits per heavy atom. The first-order chi connectivity index (χ1) is 8.56. The van der Waals surface area contributed by atoms with Gasteiger partial charge in [0.25, 0.3) is 0 Å². The highest BCUT2D eigenvalue weighted by molar-refractivity contribution is 5.95. The molecule has 98 valence electrons. The molecule has 1 aromatic carbocycles. The van der Waals surface area contributed by atoms with E-state index >= 15 is 0 Å². The third kappa shape index (κ3) is 4.18. The molecule has 1 aromatic rings. The van der Waals surface area contributed by atoms with Gasteiger partial charge >= 0.3 is 0 Å². The lowest BCUT2D eigenvalue weighted by Crippen LogP contribution is -2.25. The van der Waals surface area contributed by atoms with Crippen molar-refractivity contribution >= 4 is 23.2 Å². The highest BCUT2D eigenvalue weighted by Gasteiger charge is 2.06. The SMILES string of the molecule is CCC(=O)Nc1cc(NC(=O)CNC)ccc1C. The molecule has 0 fully saturated rings. The standard InChI is InChI=1S/C13H19N3O2/c1-4-12(17)16-11-7-10(6-5-9(11)2)15-13(18)8-14-3/h5-7,14H,4,8H2,1-3H3,(H,15,18)(H,16,17). The fraction of sp³-hybridized carbons (Fsp3) is 0.385. The molecule has 3 N–H and O–H groups in total. The Labute approximate surface area is 107 Å². The first-order valence-electron chi connectivity index (χ1n) is 5.91. The molecule has 0 aliphatic heterocycles. The third-order valence-corrected chi connectivity index (χ3v) is 2.45. The molecule has 2 amide bonds. The fourth-order valence-electron chi connectivity index (χ4n) is 1.44. The highest BCUT2D eigenvalue weighted by Crippen LogP contribution is 2.20. The second-order valence-corrected chi connectivity index (χ2v) is 4.01. The lowest BCUT2D eigenvalue weighted by atomic mass is 10.1. The summed E-state index contributed by atoms with van der Waals surface area (Å²) in [5.41, 5.74) is 2.36. The van der Waals surface area contributed by atoms with Gasteiger partial charge in [0.05, 0.1) is 6.54 Å². The second-order valence-electron chi connectivity index (χ2n) is 4.01. The maximum atomic E-state index is 11.4. The topological polar surface area (TPSA) is 70.2 Å². The average molecular weight is 249 g/mol. The molecule has 5 nitrogen and oxygen atoms in total. The summed E-state index contributed by atoms with van der Waals surface area (Å²) in [5, 5.41) is 8.32. The summed E-state index contributed by atoms with van der Waals surface area (Å²) < 4.78 is 0. The average Bonchev–Trinajstić information content (AvgIpc) is 2.33. The van der Waals surface area contributed by atoms with E-state index < -0.39 is 0 Å². The number of benzene rings is 1. The van der Waals surface area contributed by atoms with Crippen LogP contribution in [-0.2, 0) is 9.59 Å². The number of rotatable bonds is 5. The van der Waals surface area contributed by atoms with Gasteiger partial charge in [0.15, 0.2) is 0 Å². The molecule has 5 heteroatoms. The van der Waals surface area contributed by atoms with Crippen LogP contribution in [0.25, 0.3) is 0 Å². The Kier molecular flexibility index (Phi) is 5.32. The molecule has 0 atom stereocenters. The van der Waals surface area contributed by atoms with Crippen molar-refractivity contribution in [2.45, 2.75) is 20.3 Å². The predicted octanol–water partition coefficient (Wildman–Crippen LogP) is 1.50. The van der Waals surface area contributed by atoms with Crippen LogP contribution in [0.5, 0.6) is 0 Å². The number of hydrogen-bond donors (Lipinski definition) is 3. The minimum absolute atomic E-state index is 0.0446. The summed E-state index contributed by atoms with van der Waals surface area (Å²) in [4.78, 5) is 22.8. The van der Waals surface area contributed by atoms with E-state index in [9.17, 15) is 9.59 Å². The first-order valence-corrected chi connectivity index (χ1v) is 5.91. The van der Waals surface area contributed by atoms with Gasteiger partial charge in [-0.1, -0.05) is 13.0 Å². The normalized spacial score (nSPS) is 9.94. The van der Waals surface area contributed by atoms with E-state index in [1.807, 2.05) is 19.1 Å². The molecule has 0 radical (unpaired) electrons. The molecule has 0 aliphatic carbocycles. The molecule has 0 saturated heterocycles. The number of aryl methyl sites for hydroxylation is 1. The summed E-state index contributed by atoms with van der Waals surface area (Å²) in [6.07, 6.45) is 0.426. The lowest BCUT2D eigenvalue weighted by molar-refractivity contribution is -0.116. The zero-order valence-corrected chi connectivity index (χ0v) is 11.0. The van der Waals surface area contributed by atoms with E-state index in [0.717, 1.165) is 11.3 Å². The van der Waals surface area contributed by atoms with E-state index in [-0.39, 0.29) is 18.4 Å². The molecule has 1 rings (SSSR count). The number of anilines is 2. The number of nitrogens with one attached hydrogen (secondary N) is 3. The van der Waals surface area contributed by atoms with E-state index in [0.29, 0.717) is 12.1 Å². The van der Waals surface area contributed by atoms with Crippen molar-refractivity contribution in [1.82, 2.24) is 5.32 Å². The third-order valence-electron chi connectivity index (χ3n) is 2.45. The molecular weight excluding hydrogens is 230 g/mol. The van der Waals surface area contributed by atoms with Crippen LogP contribution in [0.4, 0.5) is 11.4 Å². The molecule has 0 saturated carbocycles. The monoisotopic (exact) mass is 249 g/mol. The first kappa shape index (κ1) is 14.2. The number of carbonyl (C=O) groups excluding carboxylic acids is 2. The van der Waals surface area contributed by atoms with Crippen LogP contribution >= 0.6 is 0 Å². The summed E-state index contributed by atoms with van der Waals surface area (Å²) >= 11 is 0. The quantitative estimate of drug-likeness (QED) is 0.740. The predicted molar refractivity (Wildman–Crippen MR) is 72.7 cm³/mol. The number of likely N-dealkylation sites (N-methyl/N-ethyl adjacent to an activating group) is 1. The van der Waals surface area contributed by atoms with Gasteiger partial charge in [0, 0.05) is 17.8 Å². The zero-order chi connectivity index (χ0) is 13.5. The van der Waals surface area contributed by atoms with E-state index in [1.165, 1.54) is 0 Å². The van der Waals surface area contributed by atoms with Crippen molar-refractivity contribution in [3.05, 3.63) is 23.8 Å². The van der Waals surface area contributed by atoms with Crippen molar-refractivity contribution in [2.24, 2.45) is 0 Å². The lowest BCUT2D eigenvalue weighted by Gasteiger charge is -2.11. The van der Waals surface area contributed by atoms with Crippen molar-refractivity contribution < 1.29 is 9.59 Å². The smallest absolute Gasteiger partial charge is 0.238 e. The van der Waals surface area contributed by atoms with Gasteiger partial charge in [-0.3, -0.25) is 9.59 Å². The van der Waals surface area contributed by atoms with Gasteiger partial charge < -0.3 is 16.0 Å². The van der Waals surface area contributed by atoms with Crippen LogP contribution in [0, 0.1) is 6.92 Å². The Balaban J connectivity index is 2.80. The number of amides is 2. The maximum absolute atomic E-state index is 11.4. The number of carbonyl (C=O) groups is 2. The Morgan fingerprint density at radius 1 is 1.17 bits per heavy atom. The molecule has 0 aliphatic rings. The maximum Gasteiger partial charge on any atom is 0.238 e. The summed E-state index contributed by atoms with van der Waals surface area (Å²) in [5.74, 6) is -0.161. The minimum atomic E-state index is -0.117. The molecule has 0 bridgehead atoms. The van der Waals surface area contributed by atoms with Crippen LogP contribution in [0.3, 0.4) is 0 Å². The Morgan fingerprint density at radius 2 is 1.89 bits per heavy atom. The molecule has 18 heavy (non-hydrogen) atoms. The van der Waals surface area contributed by atoms with Gasteiger partial charge in [-0.05, 0) is 31.7 Å². The molecule has 0 spiro atoms. The molecule has 0 heterocycles. The van der Waals surface area contributed by atoms with Crippen LogP contribution in [0.2, 0.25) is 0 Å². The minimum Gasteiger partial charge on any atom is -0.326 e. The molecule has 0 unspecified atom stereocenters. The largest absolute Gasteiger partial charge is 0.326 e. The molecule has 0 aromatic heterocycles. The molecular formula is C13H19N3O2. The van der Waals surface area contributed by atoms with Crippen molar-refractivity contribution in [3.63, 3.8) is 0 Å². The highest BCUT2D eigenvalue weighted by atomic mass is 16.2. The zero-order valence-electron chi connectivity index (χ0n) is 11.0. The van der Waals surface area contributed by atoms with Gasteiger partial charge in [0.2, 0.25) is 11.8 Å². The van der Waals surface area contributed by atoms with Crippen LogP contribution in [0.1, 0.15) is 18.9 Å². The summed E-state index contributed by atoms with van der Waals surface area (Å²) in [6.45, 7) is 3.96. The van der Waals surface area contributed by atoms with Crippen molar-refractivity contribution in [3.8, 4) is 0 Å². The van der Waals surface area contributed by atoms with Gasteiger partial charge in [-0.25, -0.2) is 0 Å². The van der Waals surface area contributed by atoms with Crippen molar-refractivity contribution in [1.29, 1.82) is 0 Å². The number of hydrogen-bond acceptors (Lipinski definition) is 3. The van der Waals surface area contributed by atoms with E-state index in [2.05, 4.69) is 16.0 Å². The van der Waals surface area contributed by atoms with Gasteiger partial charge in [-0.15, -0.1) is 0 Å². The van der Waals surface area contributed by atoms with E-state index in [1.54, 1.807) is 20.0 Å².